The van der Waals surface area contributed by atoms with Gasteiger partial charge in [-0.1, -0.05) is 37.3 Å². The van der Waals surface area contributed by atoms with Gasteiger partial charge in [0.05, 0.1) is 5.56 Å². The lowest BCUT2D eigenvalue weighted by molar-refractivity contribution is 0.0696. The third-order valence-corrected chi connectivity index (χ3v) is 2.95. The summed E-state index contributed by atoms with van der Waals surface area (Å²) in [6.45, 7) is 1.91. The Labute approximate surface area is 105 Å². The van der Waals surface area contributed by atoms with Gasteiger partial charge in [0.15, 0.2) is 0 Å². The van der Waals surface area contributed by atoms with Gasteiger partial charge in [0, 0.05) is 5.56 Å². The maximum Gasteiger partial charge on any atom is 0.335 e. The first kappa shape index (κ1) is 12.2. The molecule has 92 valence electrons. The average Bonchev–Trinajstić information content (AvgIpc) is 2.38. The van der Waals surface area contributed by atoms with Gasteiger partial charge in [0.1, 0.15) is 5.75 Å². The molecule has 0 bridgehead atoms. The molecule has 2 N–H and O–H groups in total. The maximum absolute atomic E-state index is 11.2. The molecule has 0 aliphatic heterocycles. The number of carboxylic acid groups (broad SMARTS) is 1. The molecule has 0 atom stereocenters. The molecule has 0 unspecified atom stereocenters. The second kappa shape index (κ2) is 4.92. The predicted octanol–water partition coefficient (Wildman–Crippen LogP) is 3.32. The monoisotopic (exact) mass is 242 g/mol. The van der Waals surface area contributed by atoms with Crippen molar-refractivity contribution in [1.29, 1.82) is 0 Å². The number of phenolic OH excluding ortho intramolecular Hbond substituents is 1. The number of aromatic carboxylic acids is 1. The predicted molar refractivity (Wildman–Crippen MR) is 69.9 cm³/mol. The van der Waals surface area contributed by atoms with E-state index in [1.54, 1.807) is 30.3 Å². The van der Waals surface area contributed by atoms with E-state index >= 15 is 0 Å². The minimum Gasteiger partial charge on any atom is -0.507 e. The minimum absolute atomic E-state index is 0.162. The van der Waals surface area contributed by atoms with E-state index in [0.717, 1.165) is 11.1 Å². The van der Waals surface area contributed by atoms with Crippen LogP contribution in [-0.2, 0) is 6.42 Å². The van der Waals surface area contributed by atoms with Crippen LogP contribution >= 0.6 is 0 Å². The summed E-state index contributed by atoms with van der Waals surface area (Å²) < 4.78 is 0. The van der Waals surface area contributed by atoms with Gasteiger partial charge in [-0.15, -0.1) is 0 Å². The Bertz CT molecular complexity index is 588. The molecule has 0 saturated carbocycles. The van der Waals surface area contributed by atoms with Crippen LogP contribution in [0.1, 0.15) is 22.8 Å². The highest BCUT2D eigenvalue weighted by molar-refractivity contribution is 5.92. The summed E-state index contributed by atoms with van der Waals surface area (Å²) in [5.74, 6) is -0.779. The number of hydrogen-bond acceptors (Lipinski definition) is 2. The Balaban J connectivity index is 2.69. The number of hydrogen-bond donors (Lipinski definition) is 2. The second-order valence-electron chi connectivity index (χ2n) is 4.01. The van der Waals surface area contributed by atoms with Crippen LogP contribution in [0.25, 0.3) is 11.1 Å². The highest BCUT2D eigenvalue weighted by Gasteiger charge is 2.14. The van der Waals surface area contributed by atoms with E-state index in [2.05, 4.69) is 0 Å². The van der Waals surface area contributed by atoms with Crippen molar-refractivity contribution in [1.82, 2.24) is 0 Å². The number of phenols is 1. The first-order chi connectivity index (χ1) is 8.65. The zero-order valence-electron chi connectivity index (χ0n) is 10.1. The van der Waals surface area contributed by atoms with Crippen LogP contribution < -0.4 is 0 Å². The Hall–Kier alpha value is -2.29. The van der Waals surface area contributed by atoms with Crippen LogP contribution in [0, 0.1) is 0 Å². The zero-order chi connectivity index (χ0) is 13.1. The molecular weight excluding hydrogens is 228 g/mol. The van der Waals surface area contributed by atoms with E-state index in [1.807, 2.05) is 19.1 Å². The molecule has 0 radical (unpaired) electrons. The molecule has 2 rings (SSSR count). The van der Waals surface area contributed by atoms with Gasteiger partial charge >= 0.3 is 5.97 Å². The van der Waals surface area contributed by atoms with Gasteiger partial charge in [0.25, 0.3) is 0 Å². The second-order valence-corrected chi connectivity index (χ2v) is 4.01. The highest BCUT2D eigenvalue weighted by atomic mass is 16.4. The number of carbonyl (C=O) groups is 1. The van der Waals surface area contributed by atoms with Crippen molar-refractivity contribution < 1.29 is 15.0 Å². The maximum atomic E-state index is 11.2. The third-order valence-electron chi connectivity index (χ3n) is 2.95. The van der Waals surface area contributed by atoms with Crippen molar-refractivity contribution in [2.75, 3.05) is 0 Å². The molecule has 2 aromatic rings. The Morgan fingerprint density at radius 1 is 1.06 bits per heavy atom. The fourth-order valence-electron chi connectivity index (χ4n) is 2.12. The Morgan fingerprint density at radius 3 is 2.33 bits per heavy atom. The number of para-hydroxylation sites is 1. The quantitative estimate of drug-likeness (QED) is 0.868. The standard InChI is InChI=1S/C15H14O3/c1-2-10-11(7-5-8-13(10)15(17)18)12-6-3-4-9-14(12)16/h3-9,16H,2H2,1H3,(H,17,18). The first-order valence-corrected chi connectivity index (χ1v) is 5.78. The molecule has 0 heterocycles. The Kier molecular flexibility index (Phi) is 3.33. The van der Waals surface area contributed by atoms with Gasteiger partial charge in [-0.3, -0.25) is 0 Å². The molecule has 3 heteroatoms. The SMILES string of the molecule is CCc1c(C(=O)O)cccc1-c1ccccc1O. The summed E-state index contributed by atoms with van der Waals surface area (Å²) in [5, 5.41) is 19.0. The summed E-state index contributed by atoms with van der Waals surface area (Å²) in [7, 11) is 0. The number of carboxylic acids is 1. The van der Waals surface area contributed by atoms with Gasteiger partial charge in [-0.05, 0) is 29.7 Å². The molecule has 0 aromatic heterocycles. The van der Waals surface area contributed by atoms with E-state index in [-0.39, 0.29) is 5.75 Å². The minimum atomic E-state index is -0.941. The lowest BCUT2D eigenvalue weighted by Gasteiger charge is -2.12. The largest absolute Gasteiger partial charge is 0.507 e. The zero-order valence-corrected chi connectivity index (χ0v) is 10.1. The lowest BCUT2D eigenvalue weighted by atomic mass is 9.93. The van der Waals surface area contributed by atoms with Crippen molar-refractivity contribution >= 4 is 5.97 Å². The van der Waals surface area contributed by atoms with Gasteiger partial charge in [-0.2, -0.15) is 0 Å². The molecule has 0 aliphatic rings. The summed E-state index contributed by atoms with van der Waals surface area (Å²) in [4.78, 5) is 11.2. The van der Waals surface area contributed by atoms with Crippen LogP contribution in [0.2, 0.25) is 0 Å². The van der Waals surface area contributed by atoms with Crippen molar-refractivity contribution in [3.8, 4) is 16.9 Å². The molecule has 18 heavy (non-hydrogen) atoms. The molecular formula is C15H14O3. The fourth-order valence-corrected chi connectivity index (χ4v) is 2.12. The van der Waals surface area contributed by atoms with Crippen molar-refractivity contribution in [2.24, 2.45) is 0 Å². The number of aromatic hydroxyl groups is 1. The van der Waals surface area contributed by atoms with Gasteiger partial charge in [0.2, 0.25) is 0 Å². The van der Waals surface area contributed by atoms with Crippen molar-refractivity contribution in [2.45, 2.75) is 13.3 Å². The van der Waals surface area contributed by atoms with E-state index in [4.69, 9.17) is 0 Å². The number of benzene rings is 2. The van der Waals surface area contributed by atoms with Gasteiger partial charge in [-0.25, -0.2) is 4.79 Å². The average molecular weight is 242 g/mol. The first-order valence-electron chi connectivity index (χ1n) is 5.78. The molecule has 3 nitrogen and oxygen atoms in total. The lowest BCUT2D eigenvalue weighted by Crippen LogP contribution is -2.03. The molecule has 0 fully saturated rings. The van der Waals surface area contributed by atoms with Crippen molar-refractivity contribution in [3.05, 3.63) is 53.6 Å². The van der Waals surface area contributed by atoms with Crippen LogP contribution in [0.15, 0.2) is 42.5 Å². The summed E-state index contributed by atoms with van der Waals surface area (Å²) in [6.07, 6.45) is 0.603. The van der Waals surface area contributed by atoms with E-state index in [9.17, 15) is 15.0 Å². The summed E-state index contributed by atoms with van der Waals surface area (Å²) >= 11 is 0. The molecule has 0 saturated heterocycles. The highest BCUT2D eigenvalue weighted by Crippen LogP contribution is 2.33. The summed E-state index contributed by atoms with van der Waals surface area (Å²) in [5.41, 5.74) is 2.47. The normalized spacial score (nSPS) is 10.3. The topological polar surface area (TPSA) is 57.5 Å². The number of rotatable bonds is 3. The molecule has 0 spiro atoms. The Morgan fingerprint density at radius 2 is 1.72 bits per heavy atom. The van der Waals surface area contributed by atoms with E-state index in [0.29, 0.717) is 17.5 Å². The molecule has 0 amide bonds. The van der Waals surface area contributed by atoms with E-state index in [1.165, 1.54) is 0 Å². The third kappa shape index (κ3) is 2.07. The summed E-state index contributed by atoms with van der Waals surface area (Å²) in [6, 6.07) is 12.1. The van der Waals surface area contributed by atoms with Crippen LogP contribution in [0.4, 0.5) is 0 Å². The van der Waals surface area contributed by atoms with Crippen LogP contribution in [0.5, 0.6) is 5.75 Å². The smallest absolute Gasteiger partial charge is 0.335 e. The molecule has 2 aromatic carbocycles. The van der Waals surface area contributed by atoms with E-state index < -0.39 is 5.97 Å². The molecule has 0 aliphatic carbocycles. The van der Waals surface area contributed by atoms with Crippen LogP contribution in [-0.4, -0.2) is 16.2 Å². The van der Waals surface area contributed by atoms with Crippen LogP contribution in [0.3, 0.4) is 0 Å². The fraction of sp³-hybridized carbons (Fsp3) is 0.133. The van der Waals surface area contributed by atoms with Crippen molar-refractivity contribution in [3.63, 3.8) is 0 Å². The van der Waals surface area contributed by atoms with Gasteiger partial charge < -0.3 is 10.2 Å².